The summed E-state index contributed by atoms with van der Waals surface area (Å²) >= 11 is 0. The second-order valence-electron chi connectivity index (χ2n) is 6.41. The summed E-state index contributed by atoms with van der Waals surface area (Å²) in [5.41, 5.74) is 1.62. The van der Waals surface area contributed by atoms with Crippen molar-refractivity contribution in [2.24, 2.45) is 23.7 Å². The van der Waals surface area contributed by atoms with E-state index in [-0.39, 0.29) is 0 Å². The van der Waals surface area contributed by atoms with E-state index >= 15 is 0 Å². The van der Waals surface area contributed by atoms with Gasteiger partial charge in [-0.3, -0.25) is 0 Å². The molecule has 0 bridgehead atoms. The van der Waals surface area contributed by atoms with Crippen LogP contribution in [0.15, 0.2) is 12.2 Å². The molecule has 0 heteroatoms. The average Bonchev–Trinajstić information content (AvgIpc) is 2.29. The lowest BCUT2D eigenvalue weighted by Gasteiger charge is -2.37. The number of rotatable bonds is 2. The first-order chi connectivity index (χ1) is 7.68. The largest absolute Gasteiger partial charge is 0.0993 e. The van der Waals surface area contributed by atoms with Crippen molar-refractivity contribution < 1.29 is 0 Å². The molecular weight excluding hydrogens is 192 g/mol. The minimum atomic E-state index is 0.847. The molecule has 2 aliphatic rings. The standard InChI is InChI=1S/C16H28/c1-12-9-10-16(13(2)11-12)14(3)15-7-5-4-6-8-15/h12-13,15-16H,3-11H2,1-2H3. The quantitative estimate of drug-likeness (QED) is 0.561. The summed E-state index contributed by atoms with van der Waals surface area (Å²) in [6, 6.07) is 0. The Morgan fingerprint density at radius 1 is 0.938 bits per heavy atom. The zero-order valence-electron chi connectivity index (χ0n) is 11.2. The Bertz CT molecular complexity index is 234. The van der Waals surface area contributed by atoms with Crippen molar-refractivity contribution in [3.63, 3.8) is 0 Å². The van der Waals surface area contributed by atoms with Gasteiger partial charge in [-0.25, -0.2) is 0 Å². The van der Waals surface area contributed by atoms with Crippen molar-refractivity contribution in [3.8, 4) is 0 Å². The van der Waals surface area contributed by atoms with Crippen LogP contribution in [0.5, 0.6) is 0 Å². The van der Waals surface area contributed by atoms with Crippen molar-refractivity contribution in [1.29, 1.82) is 0 Å². The summed E-state index contributed by atoms with van der Waals surface area (Å²) in [4.78, 5) is 0. The monoisotopic (exact) mass is 220 g/mol. The van der Waals surface area contributed by atoms with Crippen LogP contribution in [-0.4, -0.2) is 0 Å². The maximum atomic E-state index is 4.48. The van der Waals surface area contributed by atoms with Gasteiger partial charge in [-0.1, -0.05) is 51.7 Å². The van der Waals surface area contributed by atoms with E-state index in [1.54, 1.807) is 5.57 Å². The van der Waals surface area contributed by atoms with Gasteiger partial charge in [-0.05, 0) is 49.4 Å². The highest BCUT2D eigenvalue weighted by atomic mass is 14.4. The highest BCUT2D eigenvalue weighted by Gasteiger charge is 2.30. The van der Waals surface area contributed by atoms with Gasteiger partial charge in [0.1, 0.15) is 0 Å². The maximum Gasteiger partial charge on any atom is -0.0177 e. The molecule has 0 aliphatic heterocycles. The third-order valence-corrected chi connectivity index (χ3v) is 5.04. The molecular formula is C16H28. The lowest BCUT2D eigenvalue weighted by Crippen LogP contribution is -2.26. The Morgan fingerprint density at radius 2 is 1.62 bits per heavy atom. The molecule has 0 saturated heterocycles. The summed E-state index contributed by atoms with van der Waals surface area (Å²) in [7, 11) is 0. The minimum Gasteiger partial charge on any atom is -0.0993 e. The minimum absolute atomic E-state index is 0.847. The van der Waals surface area contributed by atoms with Gasteiger partial charge in [0.25, 0.3) is 0 Å². The Kier molecular flexibility index (Phi) is 4.10. The van der Waals surface area contributed by atoms with E-state index in [2.05, 4.69) is 20.4 Å². The van der Waals surface area contributed by atoms with E-state index in [1.165, 1.54) is 51.4 Å². The van der Waals surface area contributed by atoms with Gasteiger partial charge in [0.05, 0.1) is 0 Å². The van der Waals surface area contributed by atoms with Crippen LogP contribution in [0.4, 0.5) is 0 Å². The highest BCUT2D eigenvalue weighted by Crippen LogP contribution is 2.42. The predicted molar refractivity (Wildman–Crippen MR) is 71.4 cm³/mol. The lowest BCUT2D eigenvalue weighted by molar-refractivity contribution is 0.213. The van der Waals surface area contributed by atoms with E-state index < -0.39 is 0 Å². The van der Waals surface area contributed by atoms with Crippen LogP contribution in [0.2, 0.25) is 0 Å². The summed E-state index contributed by atoms with van der Waals surface area (Å²) < 4.78 is 0. The molecule has 0 heterocycles. The normalized spacial score (nSPS) is 37.2. The molecule has 2 aliphatic carbocycles. The second-order valence-corrected chi connectivity index (χ2v) is 6.41. The Balaban J connectivity index is 1.92. The average molecular weight is 220 g/mol. The third kappa shape index (κ3) is 2.70. The van der Waals surface area contributed by atoms with Gasteiger partial charge < -0.3 is 0 Å². The fraction of sp³-hybridized carbons (Fsp3) is 0.875. The van der Waals surface area contributed by atoms with Crippen LogP contribution < -0.4 is 0 Å². The van der Waals surface area contributed by atoms with E-state index in [4.69, 9.17) is 0 Å². The molecule has 2 rings (SSSR count). The van der Waals surface area contributed by atoms with Crippen molar-refractivity contribution >= 4 is 0 Å². The van der Waals surface area contributed by atoms with Crippen LogP contribution in [0.3, 0.4) is 0 Å². The van der Waals surface area contributed by atoms with Crippen molar-refractivity contribution in [3.05, 3.63) is 12.2 Å². The van der Waals surface area contributed by atoms with Crippen LogP contribution in [0.25, 0.3) is 0 Å². The SMILES string of the molecule is C=C(C1CCCCC1)C1CCC(C)CC1C. The first kappa shape index (κ1) is 12.2. The molecule has 0 amide bonds. The molecule has 0 aromatic rings. The van der Waals surface area contributed by atoms with Crippen molar-refractivity contribution in [2.45, 2.75) is 65.2 Å². The Labute approximate surface area is 102 Å². The van der Waals surface area contributed by atoms with E-state index in [1.807, 2.05) is 0 Å². The molecule has 16 heavy (non-hydrogen) atoms. The molecule has 0 radical (unpaired) electrons. The van der Waals surface area contributed by atoms with Crippen molar-refractivity contribution in [1.82, 2.24) is 0 Å². The molecule has 0 spiro atoms. The van der Waals surface area contributed by atoms with Crippen LogP contribution in [0, 0.1) is 23.7 Å². The molecule has 92 valence electrons. The molecule has 3 atom stereocenters. The van der Waals surface area contributed by atoms with Gasteiger partial charge in [0.15, 0.2) is 0 Å². The first-order valence-corrected chi connectivity index (χ1v) is 7.37. The number of allylic oxidation sites excluding steroid dienone is 1. The van der Waals surface area contributed by atoms with Crippen LogP contribution >= 0.6 is 0 Å². The fourth-order valence-electron chi connectivity index (χ4n) is 3.99. The number of hydrogen-bond donors (Lipinski definition) is 0. The van der Waals surface area contributed by atoms with Crippen molar-refractivity contribution in [2.75, 3.05) is 0 Å². The first-order valence-electron chi connectivity index (χ1n) is 7.37. The third-order valence-electron chi connectivity index (χ3n) is 5.04. The molecule has 3 unspecified atom stereocenters. The van der Waals surface area contributed by atoms with E-state index in [0.29, 0.717) is 0 Å². The van der Waals surface area contributed by atoms with E-state index in [9.17, 15) is 0 Å². The number of hydrogen-bond acceptors (Lipinski definition) is 0. The molecule has 2 saturated carbocycles. The lowest BCUT2D eigenvalue weighted by atomic mass is 9.68. The molecule has 0 aromatic heterocycles. The van der Waals surface area contributed by atoms with Gasteiger partial charge >= 0.3 is 0 Å². The van der Waals surface area contributed by atoms with Gasteiger partial charge in [-0.15, -0.1) is 0 Å². The maximum absolute atomic E-state index is 4.48. The smallest absolute Gasteiger partial charge is 0.0177 e. The summed E-state index contributed by atoms with van der Waals surface area (Å²) in [5, 5.41) is 0. The molecule has 0 nitrogen and oxygen atoms in total. The summed E-state index contributed by atoms with van der Waals surface area (Å²) in [6.07, 6.45) is 11.5. The predicted octanol–water partition coefficient (Wildman–Crippen LogP) is 5.20. The zero-order chi connectivity index (χ0) is 11.5. The summed E-state index contributed by atoms with van der Waals surface area (Å²) in [5.74, 6) is 3.55. The Hall–Kier alpha value is -0.260. The summed E-state index contributed by atoms with van der Waals surface area (Å²) in [6.45, 7) is 9.34. The Morgan fingerprint density at radius 3 is 2.25 bits per heavy atom. The molecule has 0 aromatic carbocycles. The fourth-order valence-corrected chi connectivity index (χ4v) is 3.99. The zero-order valence-corrected chi connectivity index (χ0v) is 11.2. The molecule has 0 N–H and O–H groups in total. The van der Waals surface area contributed by atoms with Crippen LogP contribution in [-0.2, 0) is 0 Å². The molecule has 2 fully saturated rings. The van der Waals surface area contributed by atoms with Gasteiger partial charge in [0.2, 0.25) is 0 Å². The van der Waals surface area contributed by atoms with Gasteiger partial charge in [0, 0.05) is 0 Å². The van der Waals surface area contributed by atoms with Gasteiger partial charge in [-0.2, -0.15) is 0 Å². The van der Waals surface area contributed by atoms with Crippen LogP contribution in [0.1, 0.15) is 65.2 Å². The highest BCUT2D eigenvalue weighted by molar-refractivity contribution is 5.09. The second kappa shape index (κ2) is 5.38. The topological polar surface area (TPSA) is 0 Å². The van der Waals surface area contributed by atoms with E-state index in [0.717, 1.165) is 23.7 Å².